The molecule has 0 fully saturated rings. The van der Waals surface area contributed by atoms with Gasteiger partial charge < -0.3 is 4.57 Å². The van der Waals surface area contributed by atoms with Gasteiger partial charge in [-0.15, -0.1) is 0 Å². The SMILES string of the molecule is Cn1c(SCc2ccc(Cl)c(C(F)(F)F)c2)nc2cc(S(N)(=O)=O)ccc21. The van der Waals surface area contributed by atoms with Gasteiger partial charge in [0, 0.05) is 12.8 Å². The molecule has 2 N–H and O–H groups in total. The van der Waals surface area contributed by atoms with E-state index < -0.39 is 21.8 Å². The van der Waals surface area contributed by atoms with Crippen molar-refractivity contribution in [2.24, 2.45) is 12.2 Å². The Kier molecular flexibility index (Phi) is 5.19. The van der Waals surface area contributed by atoms with E-state index in [9.17, 15) is 21.6 Å². The van der Waals surface area contributed by atoms with E-state index in [2.05, 4.69) is 4.98 Å². The number of hydrogen-bond donors (Lipinski definition) is 1. The fraction of sp³-hybridized carbons (Fsp3) is 0.188. The van der Waals surface area contributed by atoms with Crippen LogP contribution in [0.25, 0.3) is 11.0 Å². The first-order valence-corrected chi connectivity index (χ1v) is 10.4. The van der Waals surface area contributed by atoms with Crippen molar-refractivity contribution in [1.82, 2.24) is 9.55 Å². The van der Waals surface area contributed by atoms with E-state index in [1.807, 2.05) is 0 Å². The third-order valence-corrected chi connectivity index (χ3v) is 6.19. The molecule has 0 bridgehead atoms. The number of primary sulfonamides is 1. The smallest absolute Gasteiger partial charge is 0.322 e. The largest absolute Gasteiger partial charge is 0.417 e. The minimum absolute atomic E-state index is 0.0582. The number of aromatic nitrogens is 2. The molecular weight excluding hydrogens is 423 g/mol. The average Bonchev–Trinajstić information content (AvgIpc) is 2.88. The molecule has 0 aliphatic heterocycles. The van der Waals surface area contributed by atoms with E-state index in [4.69, 9.17) is 16.7 Å². The van der Waals surface area contributed by atoms with Crippen LogP contribution in [0, 0.1) is 0 Å². The molecule has 11 heteroatoms. The number of benzene rings is 2. The molecule has 0 saturated carbocycles. The van der Waals surface area contributed by atoms with Gasteiger partial charge in [0.05, 0.1) is 26.5 Å². The summed E-state index contributed by atoms with van der Waals surface area (Å²) < 4.78 is 63.5. The molecule has 0 saturated heterocycles. The number of nitrogens with two attached hydrogens (primary N) is 1. The van der Waals surface area contributed by atoms with Gasteiger partial charge in [-0.25, -0.2) is 18.5 Å². The fourth-order valence-electron chi connectivity index (χ4n) is 2.49. The molecule has 5 nitrogen and oxygen atoms in total. The Morgan fingerprint density at radius 2 is 1.93 bits per heavy atom. The lowest BCUT2D eigenvalue weighted by Crippen LogP contribution is -2.11. The van der Waals surface area contributed by atoms with Crippen molar-refractivity contribution in [3.8, 4) is 0 Å². The maximum Gasteiger partial charge on any atom is 0.417 e. The van der Waals surface area contributed by atoms with E-state index >= 15 is 0 Å². The van der Waals surface area contributed by atoms with Crippen LogP contribution in [0.15, 0.2) is 46.5 Å². The van der Waals surface area contributed by atoms with Gasteiger partial charge in [0.25, 0.3) is 0 Å². The van der Waals surface area contributed by atoms with Crippen LogP contribution in [-0.4, -0.2) is 18.0 Å². The lowest BCUT2D eigenvalue weighted by Gasteiger charge is -2.10. The molecule has 3 rings (SSSR count). The molecule has 0 aliphatic carbocycles. The van der Waals surface area contributed by atoms with Gasteiger partial charge in [-0.1, -0.05) is 29.4 Å². The first kappa shape index (κ1) is 20.0. The average molecular weight is 436 g/mol. The Balaban J connectivity index is 1.88. The summed E-state index contributed by atoms with van der Waals surface area (Å²) in [5, 5.41) is 5.29. The quantitative estimate of drug-likeness (QED) is 0.623. The number of thioether (sulfide) groups is 1. The number of aryl methyl sites for hydroxylation is 1. The van der Waals surface area contributed by atoms with Crippen LogP contribution < -0.4 is 5.14 Å². The summed E-state index contributed by atoms with van der Waals surface area (Å²) in [6.45, 7) is 0. The fourth-order valence-corrected chi connectivity index (χ4v) is 4.18. The number of imidazole rings is 1. The zero-order valence-corrected chi connectivity index (χ0v) is 16.2. The molecule has 0 aliphatic rings. The Hall–Kier alpha value is -1.75. The maximum atomic E-state index is 13.0. The summed E-state index contributed by atoms with van der Waals surface area (Å²) in [6, 6.07) is 8.06. The molecule has 144 valence electrons. The topological polar surface area (TPSA) is 78.0 Å². The first-order valence-electron chi connectivity index (χ1n) is 7.44. The van der Waals surface area contributed by atoms with Crippen molar-refractivity contribution in [2.45, 2.75) is 22.0 Å². The highest BCUT2D eigenvalue weighted by molar-refractivity contribution is 7.98. The zero-order chi connectivity index (χ0) is 20.0. The van der Waals surface area contributed by atoms with Gasteiger partial charge in [0.1, 0.15) is 0 Å². The molecule has 27 heavy (non-hydrogen) atoms. The van der Waals surface area contributed by atoms with Crippen LogP contribution >= 0.6 is 23.4 Å². The van der Waals surface area contributed by atoms with Crippen LogP contribution in [-0.2, 0) is 29.0 Å². The van der Waals surface area contributed by atoms with Gasteiger partial charge in [-0.2, -0.15) is 13.2 Å². The van der Waals surface area contributed by atoms with Crippen molar-refractivity contribution in [1.29, 1.82) is 0 Å². The predicted molar refractivity (Wildman–Crippen MR) is 98.1 cm³/mol. The lowest BCUT2D eigenvalue weighted by atomic mass is 10.1. The van der Waals surface area contributed by atoms with E-state index in [-0.39, 0.29) is 15.7 Å². The minimum atomic E-state index is -4.53. The Bertz CT molecular complexity index is 1130. The van der Waals surface area contributed by atoms with Crippen LogP contribution in [0.1, 0.15) is 11.1 Å². The summed E-state index contributed by atoms with van der Waals surface area (Å²) in [7, 11) is -2.12. The first-order chi connectivity index (χ1) is 12.5. The van der Waals surface area contributed by atoms with E-state index in [1.54, 1.807) is 17.7 Å². The Labute approximate surface area is 162 Å². The van der Waals surface area contributed by atoms with Crippen molar-refractivity contribution < 1.29 is 21.6 Å². The van der Waals surface area contributed by atoms with Crippen molar-refractivity contribution in [2.75, 3.05) is 0 Å². The highest BCUT2D eigenvalue weighted by Crippen LogP contribution is 2.36. The summed E-state index contributed by atoms with van der Waals surface area (Å²) in [4.78, 5) is 4.29. The Morgan fingerprint density at radius 3 is 2.56 bits per heavy atom. The van der Waals surface area contributed by atoms with Crippen LogP contribution in [0.5, 0.6) is 0 Å². The van der Waals surface area contributed by atoms with Crippen molar-refractivity contribution in [3.05, 3.63) is 52.5 Å². The molecule has 0 spiro atoms. The molecule has 0 unspecified atom stereocenters. The van der Waals surface area contributed by atoms with Gasteiger partial charge >= 0.3 is 6.18 Å². The third-order valence-electron chi connectivity index (χ3n) is 3.84. The zero-order valence-electron chi connectivity index (χ0n) is 13.8. The van der Waals surface area contributed by atoms with Gasteiger partial charge in [0.15, 0.2) is 5.16 Å². The molecule has 1 heterocycles. The van der Waals surface area contributed by atoms with Gasteiger partial charge in [-0.05, 0) is 35.9 Å². The maximum absolute atomic E-state index is 13.0. The van der Waals surface area contributed by atoms with Gasteiger partial charge in [0.2, 0.25) is 10.0 Å². The van der Waals surface area contributed by atoms with Crippen molar-refractivity contribution in [3.63, 3.8) is 0 Å². The number of rotatable bonds is 4. The van der Waals surface area contributed by atoms with E-state index in [0.29, 0.717) is 21.8 Å². The molecule has 2 aromatic carbocycles. The molecule has 3 aromatic rings. The second kappa shape index (κ2) is 7.01. The molecule has 0 atom stereocenters. The molecule has 0 radical (unpaired) electrons. The third kappa shape index (κ3) is 4.23. The van der Waals surface area contributed by atoms with E-state index in [0.717, 1.165) is 6.07 Å². The standard InChI is InChI=1S/C16H13ClF3N3O2S2/c1-23-14-5-3-10(27(21,24)25)7-13(14)22-15(23)26-8-9-2-4-12(17)11(6-9)16(18,19)20/h2-7H,8H2,1H3,(H2,21,24,25). The number of nitrogens with zero attached hydrogens (tertiary/aromatic N) is 2. The number of hydrogen-bond acceptors (Lipinski definition) is 4. The van der Waals surface area contributed by atoms with E-state index in [1.165, 1.54) is 36.0 Å². The number of halogens is 4. The summed E-state index contributed by atoms with van der Waals surface area (Å²) in [6.07, 6.45) is -4.53. The summed E-state index contributed by atoms with van der Waals surface area (Å²) >= 11 is 6.85. The molecular formula is C16H13ClF3N3O2S2. The number of sulfonamides is 1. The van der Waals surface area contributed by atoms with Crippen LogP contribution in [0.3, 0.4) is 0 Å². The van der Waals surface area contributed by atoms with Crippen molar-refractivity contribution >= 4 is 44.4 Å². The van der Waals surface area contributed by atoms with Gasteiger partial charge in [-0.3, -0.25) is 0 Å². The second-order valence-corrected chi connectivity index (χ2v) is 8.66. The molecule has 1 aromatic heterocycles. The van der Waals surface area contributed by atoms with Crippen LogP contribution in [0.2, 0.25) is 5.02 Å². The highest BCUT2D eigenvalue weighted by Gasteiger charge is 2.33. The summed E-state index contributed by atoms with van der Waals surface area (Å²) in [5.74, 6) is 0.236. The Morgan fingerprint density at radius 1 is 1.22 bits per heavy atom. The minimum Gasteiger partial charge on any atom is -0.322 e. The molecule has 0 amide bonds. The predicted octanol–water partition coefficient (Wildman–Crippen LogP) is 4.19. The normalized spacial score (nSPS) is 12.7. The van der Waals surface area contributed by atoms with Crippen LogP contribution in [0.4, 0.5) is 13.2 Å². The number of alkyl halides is 3. The number of fused-ring (bicyclic) bond motifs is 1. The second-order valence-electron chi connectivity index (χ2n) is 5.75. The monoisotopic (exact) mass is 435 g/mol. The lowest BCUT2D eigenvalue weighted by molar-refractivity contribution is -0.137. The highest BCUT2D eigenvalue weighted by atomic mass is 35.5. The summed E-state index contributed by atoms with van der Waals surface area (Å²) in [5.41, 5.74) is 0.662.